The molecule has 1 aromatic heterocycles. The fourth-order valence-corrected chi connectivity index (χ4v) is 7.39. The monoisotopic (exact) mass is 577 g/mol. The Morgan fingerprint density at radius 2 is 1.58 bits per heavy atom. The van der Waals surface area contributed by atoms with Crippen LogP contribution in [0.4, 0.5) is 17.1 Å². The summed E-state index contributed by atoms with van der Waals surface area (Å²) >= 11 is 1.85. The van der Waals surface area contributed by atoms with Crippen molar-refractivity contribution >= 4 is 48.6 Å². The molecular formula is C39H35N3S. The predicted molar refractivity (Wildman–Crippen MR) is 186 cm³/mol. The van der Waals surface area contributed by atoms with Crippen LogP contribution in [0.5, 0.6) is 0 Å². The fourth-order valence-electron chi connectivity index (χ4n) is 6.18. The molecule has 1 aliphatic rings. The van der Waals surface area contributed by atoms with E-state index in [-0.39, 0.29) is 6.04 Å². The molecule has 4 heteroatoms. The van der Waals surface area contributed by atoms with Crippen molar-refractivity contribution in [1.82, 2.24) is 0 Å². The molecule has 7 rings (SSSR count). The normalized spacial score (nSPS) is 15.2. The van der Waals surface area contributed by atoms with E-state index in [0.717, 1.165) is 24.3 Å². The Kier molecular flexibility index (Phi) is 7.55. The van der Waals surface area contributed by atoms with E-state index in [9.17, 15) is 0 Å². The third-order valence-electron chi connectivity index (χ3n) is 8.46. The number of para-hydroxylation sites is 1. The molecule has 1 aliphatic carbocycles. The van der Waals surface area contributed by atoms with E-state index in [4.69, 9.17) is 5.73 Å². The van der Waals surface area contributed by atoms with Crippen LogP contribution in [0.25, 0.3) is 31.3 Å². The number of anilines is 3. The summed E-state index contributed by atoms with van der Waals surface area (Å²) in [7, 11) is 2.16. The highest BCUT2D eigenvalue weighted by Gasteiger charge is 2.21. The molecule has 0 fully saturated rings. The Balaban J connectivity index is 1.16. The van der Waals surface area contributed by atoms with Gasteiger partial charge < -0.3 is 16.0 Å². The second-order valence-electron chi connectivity index (χ2n) is 11.3. The lowest BCUT2D eigenvalue weighted by Crippen LogP contribution is -2.25. The molecule has 2 unspecified atom stereocenters. The molecule has 0 spiro atoms. The number of nitrogens with two attached hydrogens (primary N) is 1. The van der Waals surface area contributed by atoms with Crippen molar-refractivity contribution in [1.29, 1.82) is 0 Å². The van der Waals surface area contributed by atoms with Gasteiger partial charge in [0.25, 0.3) is 0 Å². The van der Waals surface area contributed by atoms with Gasteiger partial charge in [-0.3, -0.25) is 0 Å². The van der Waals surface area contributed by atoms with Crippen molar-refractivity contribution in [2.75, 3.05) is 17.3 Å². The van der Waals surface area contributed by atoms with Crippen LogP contribution < -0.4 is 16.0 Å². The Hall–Kier alpha value is -4.64. The molecule has 5 aromatic carbocycles. The maximum absolute atomic E-state index is 6.79. The number of nitrogens with zero attached hydrogens (tertiary/aromatic N) is 1. The summed E-state index contributed by atoms with van der Waals surface area (Å²) in [5.74, 6) is 0.316. The minimum Gasteiger partial charge on any atom is -0.370 e. The van der Waals surface area contributed by atoms with E-state index in [0.29, 0.717) is 5.92 Å². The van der Waals surface area contributed by atoms with Crippen LogP contribution in [0.2, 0.25) is 0 Å². The van der Waals surface area contributed by atoms with E-state index >= 15 is 0 Å². The van der Waals surface area contributed by atoms with Crippen LogP contribution >= 0.6 is 11.3 Å². The standard InChI is InChI=1S/C39H35N3S/c1-42(35-18-10-8-17-34(35)37(40)29-14-6-3-7-15-29)26-27-20-22-30(23-21-27)41-38-31(28-12-4-2-5-13-28)24-25-33-32-16-9-11-19-36(32)43-39(33)38/h2-14,16-25,29,37,41H,15,26,40H2,1H3. The highest BCUT2D eigenvalue weighted by molar-refractivity contribution is 7.26. The lowest BCUT2D eigenvalue weighted by atomic mass is 9.87. The van der Waals surface area contributed by atoms with Gasteiger partial charge in [0.2, 0.25) is 0 Å². The number of hydrogen-bond donors (Lipinski definition) is 2. The lowest BCUT2D eigenvalue weighted by Gasteiger charge is -2.28. The maximum Gasteiger partial charge on any atom is 0.0645 e. The van der Waals surface area contributed by atoms with Gasteiger partial charge in [-0.05, 0) is 53.3 Å². The summed E-state index contributed by atoms with van der Waals surface area (Å²) in [6.07, 6.45) is 9.63. The summed E-state index contributed by atoms with van der Waals surface area (Å²) < 4.78 is 2.59. The summed E-state index contributed by atoms with van der Waals surface area (Å²) in [6.45, 7) is 0.797. The molecule has 0 saturated heterocycles. The topological polar surface area (TPSA) is 41.3 Å². The Morgan fingerprint density at radius 1 is 0.814 bits per heavy atom. The molecule has 0 radical (unpaired) electrons. The molecule has 6 aromatic rings. The molecule has 212 valence electrons. The van der Waals surface area contributed by atoms with Crippen LogP contribution in [0.3, 0.4) is 0 Å². The zero-order chi connectivity index (χ0) is 29.2. The zero-order valence-corrected chi connectivity index (χ0v) is 25.1. The summed E-state index contributed by atoms with van der Waals surface area (Å²) in [6, 6.07) is 41.2. The molecule has 0 bridgehead atoms. The molecule has 3 N–H and O–H groups in total. The van der Waals surface area contributed by atoms with E-state index in [1.807, 2.05) is 11.3 Å². The van der Waals surface area contributed by atoms with Crippen molar-refractivity contribution in [2.24, 2.45) is 11.7 Å². The van der Waals surface area contributed by atoms with Crippen molar-refractivity contribution in [3.63, 3.8) is 0 Å². The SMILES string of the molecule is CN(Cc1ccc(Nc2c(-c3ccccc3)ccc3c2sc2ccccc23)cc1)c1ccccc1C(N)C1C=CC=CC1. The maximum atomic E-state index is 6.79. The Morgan fingerprint density at radius 3 is 2.40 bits per heavy atom. The van der Waals surface area contributed by atoms with Crippen molar-refractivity contribution in [3.8, 4) is 11.1 Å². The van der Waals surface area contributed by atoms with Crippen LogP contribution in [-0.4, -0.2) is 7.05 Å². The third-order valence-corrected chi connectivity index (χ3v) is 9.66. The van der Waals surface area contributed by atoms with Gasteiger partial charge >= 0.3 is 0 Å². The first-order valence-corrected chi connectivity index (χ1v) is 15.7. The largest absolute Gasteiger partial charge is 0.370 e. The van der Waals surface area contributed by atoms with Crippen molar-refractivity contribution in [3.05, 3.63) is 151 Å². The van der Waals surface area contributed by atoms with Gasteiger partial charge in [0.1, 0.15) is 0 Å². The third kappa shape index (κ3) is 5.48. The summed E-state index contributed by atoms with van der Waals surface area (Å²) in [5.41, 5.74) is 15.1. The molecule has 0 saturated carbocycles. The number of rotatable bonds is 8. The van der Waals surface area contributed by atoms with E-state index in [1.54, 1.807) is 0 Å². The van der Waals surface area contributed by atoms with Gasteiger partial charge in [0.15, 0.2) is 0 Å². The number of fused-ring (bicyclic) bond motifs is 3. The van der Waals surface area contributed by atoms with Crippen LogP contribution in [0.15, 0.2) is 140 Å². The van der Waals surface area contributed by atoms with Gasteiger partial charge in [0, 0.05) is 52.0 Å². The number of allylic oxidation sites excluding steroid dienone is 3. The van der Waals surface area contributed by atoms with Crippen LogP contribution in [0.1, 0.15) is 23.6 Å². The Labute approximate surface area is 257 Å². The van der Waals surface area contributed by atoms with Gasteiger partial charge in [-0.1, -0.05) is 115 Å². The second-order valence-corrected chi connectivity index (χ2v) is 12.4. The smallest absolute Gasteiger partial charge is 0.0645 e. The minimum absolute atomic E-state index is 0.0400. The number of hydrogen-bond acceptors (Lipinski definition) is 4. The predicted octanol–water partition coefficient (Wildman–Crippen LogP) is 10.2. The fraction of sp³-hybridized carbons (Fsp3) is 0.128. The van der Waals surface area contributed by atoms with E-state index in [2.05, 4.69) is 157 Å². The summed E-state index contributed by atoms with van der Waals surface area (Å²) in [5, 5.41) is 6.41. The molecule has 43 heavy (non-hydrogen) atoms. The van der Waals surface area contributed by atoms with Gasteiger partial charge in [-0.15, -0.1) is 11.3 Å². The Bertz CT molecular complexity index is 1940. The first-order valence-electron chi connectivity index (χ1n) is 14.9. The molecule has 2 atom stereocenters. The molecular weight excluding hydrogens is 543 g/mol. The lowest BCUT2D eigenvalue weighted by molar-refractivity contribution is 0.523. The zero-order valence-electron chi connectivity index (χ0n) is 24.3. The van der Waals surface area contributed by atoms with E-state index in [1.165, 1.54) is 48.1 Å². The molecule has 0 aliphatic heterocycles. The molecule has 3 nitrogen and oxygen atoms in total. The van der Waals surface area contributed by atoms with Crippen molar-refractivity contribution < 1.29 is 0 Å². The van der Waals surface area contributed by atoms with Crippen LogP contribution in [0, 0.1) is 5.92 Å². The number of thiophene rings is 1. The van der Waals surface area contributed by atoms with Gasteiger partial charge in [-0.25, -0.2) is 0 Å². The average molecular weight is 578 g/mol. The number of benzene rings is 5. The quantitative estimate of drug-likeness (QED) is 0.189. The first kappa shape index (κ1) is 27.2. The molecule has 0 amide bonds. The van der Waals surface area contributed by atoms with Gasteiger partial charge in [0.05, 0.1) is 10.4 Å². The van der Waals surface area contributed by atoms with E-state index < -0.39 is 0 Å². The highest BCUT2D eigenvalue weighted by Crippen LogP contribution is 2.44. The minimum atomic E-state index is -0.0400. The highest BCUT2D eigenvalue weighted by atomic mass is 32.1. The second kappa shape index (κ2) is 11.9. The van der Waals surface area contributed by atoms with Gasteiger partial charge in [-0.2, -0.15) is 0 Å². The van der Waals surface area contributed by atoms with Crippen molar-refractivity contribution in [2.45, 2.75) is 19.0 Å². The average Bonchev–Trinajstić information content (AvgIpc) is 3.45. The van der Waals surface area contributed by atoms with Crippen LogP contribution in [-0.2, 0) is 6.54 Å². The first-order chi connectivity index (χ1) is 21.2. The molecule has 1 heterocycles. The number of nitrogens with one attached hydrogen (secondary N) is 1. The summed E-state index contributed by atoms with van der Waals surface area (Å²) in [4.78, 5) is 2.31.